The summed E-state index contributed by atoms with van der Waals surface area (Å²) in [6.07, 6.45) is 1.75. The lowest BCUT2D eigenvalue weighted by Gasteiger charge is -2.42. The highest BCUT2D eigenvalue weighted by atomic mass is 32.1. The third-order valence-corrected chi connectivity index (χ3v) is 9.13. The van der Waals surface area contributed by atoms with Gasteiger partial charge in [0, 0.05) is 15.6 Å². The molecule has 6 rings (SSSR count). The SMILES string of the molecule is [2H]c1nc(-c2cc3c([2H])c([2H])c([2H])c([2H])c3c(C(C)(C)C)c2[2H])c2sc3c(C)c([2H])c4c(c3c2n1)C(C)(C)CCC4(C)C. The molecule has 36 heavy (non-hydrogen) atoms. The van der Waals surface area contributed by atoms with Crippen LogP contribution < -0.4 is 0 Å². The van der Waals surface area contributed by atoms with E-state index < -0.39 is 5.41 Å². The van der Waals surface area contributed by atoms with Crippen LogP contribution in [-0.2, 0) is 16.2 Å². The summed E-state index contributed by atoms with van der Waals surface area (Å²) in [4.78, 5) is 9.27. The summed E-state index contributed by atoms with van der Waals surface area (Å²) < 4.78 is 63.2. The van der Waals surface area contributed by atoms with Crippen LogP contribution >= 0.6 is 11.3 Å². The summed E-state index contributed by atoms with van der Waals surface area (Å²) in [5.41, 5.74) is 3.98. The first kappa shape index (κ1) is 16.9. The summed E-state index contributed by atoms with van der Waals surface area (Å²) in [7, 11) is 0. The molecule has 0 bridgehead atoms. The maximum atomic E-state index is 9.44. The molecule has 0 atom stereocenters. The van der Waals surface area contributed by atoms with E-state index in [1.807, 2.05) is 27.7 Å². The van der Waals surface area contributed by atoms with Crippen LogP contribution in [0.25, 0.3) is 42.3 Å². The van der Waals surface area contributed by atoms with Gasteiger partial charge in [-0.25, -0.2) is 9.97 Å². The van der Waals surface area contributed by atoms with Gasteiger partial charge in [-0.2, -0.15) is 0 Å². The Bertz CT molecular complexity index is 2050. The zero-order valence-electron chi connectivity index (χ0n) is 29.3. The third kappa shape index (κ3) is 3.43. The molecule has 184 valence electrons. The highest BCUT2D eigenvalue weighted by molar-refractivity contribution is 7.26. The first-order chi connectivity index (χ1) is 19.8. The molecule has 0 saturated heterocycles. The minimum atomic E-state index is -0.620. The van der Waals surface area contributed by atoms with Crippen LogP contribution in [0.1, 0.15) is 93.2 Å². The van der Waals surface area contributed by atoms with Crippen molar-refractivity contribution in [1.82, 2.24) is 9.97 Å². The topological polar surface area (TPSA) is 25.8 Å². The number of nitrogens with zero attached hydrogens (tertiary/aromatic N) is 2. The van der Waals surface area contributed by atoms with Gasteiger partial charge < -0.3 is 0 Å². The quantitative estimate of drug-likeness (QED) is 0.229. The van der Waals surface area contributed by atoms with E-state index in [-0.39, 0.29) is 47.3 Å². The Balaban J connectivity index is 1.84. The molecular weight excluding hydrogens is 456 g/mol. The number of benzene rings is 3. The Morgan fingerprint density at radius 3 is 2.42 bits per heavy atom. The first-order valence-electron chi connectivity index (χ1n) is 16.1. The van der Waals surface area contributed by atoms with Gasteiger partial charge >= 0.3 is 0 Å². The zero-order chi connectivity index (χ0) is 31.7. The maximum Gasteiger partial charge on any atom is 0.116 e. The number of rotatable bonds is 1. The molecule has 5 aromatic rings. The number of aryl methyl sites for hydroxylation is 1. The number of aromatic nitrogens is 2. The average Bonchev–Trinajstić information content (AvgIpc) is 3.28. The lowest BCUT2D eigenvalue weighted by molar-refractivity contribution is 0.334. The van der Waals surface area contributed by atoms with Crippen LogP contribution in [0.4, 0.5) is 0 Å². The zero-order valence-corrected chi connectivity index (χ0v) is 23.1. The van der Waals surface area contributed by atoms with Crippen molar-refractivity contribution in [3.63, 3.8) is 0 Å². The Labute approximate surface area is 228 Å². The molecule has 0 radical (unpaired) electrons. The molecule has 3 heteroatoms. The third-order valence-electron chi connectivity index (χ3n) is 7.82. The van der Waals surface area contributed by atoms with E-state index in [0.717, 1.165) is 44.3 Å². The summed E-state index contributed by atoms with van der Waals surface area (Å²) >= 11 is 1.48. The fraction of sp³-hybridized carbons (Fsp3) is 0.394. The minimum Gasteiger partial charge on any atom is -0.235 e. The lowest BCUT2D eigenvalue weighted by Crippen LogP contribution is -2.34. The van der Waals surface area contributed by atoms with E-state index in [1.54, 1.807) is 6.07 Å². The van der Waals surface area contributed by atoms with Crippen LogP contribution in [0.2, 0.25) is 0 Å². The predicted octanol–water partition coefficient (Wildman–Crippen LogP) is 9.62. The van der Waals surface area contributed by atoms with Gasteiger partial charge in [0.25, 0.3) is 0 Å². The van der Waals surface area contributed by atoms with Gasteiger partial charge in [-0.15, -0.1) is 11.3 Å². The Hall–Kier alpha value is -2.78. The first-order valence-corrected chi connectivity index (χ1v) is 13.4. The fourth-order valence-electron chi connectivity index (χ4n) is 5.73. The normalized spacial score (nSPS) is 19.8. The van der Waals surface area contributed by atoms with E-state index in [2.05, 4.69) is 37.7 Å². The van der Waals surface area contributed by atoms with Gasteiger partial charge in [-0.3, -0.25) is 0 Å². The molecule has 2 heterocycles. The second-order valence-corrected chi connectivity index (χ2v) is 13.5. The van der Waals surface area contributed by atoms with Gasteiger partial charge in [0.05, 0.1) is 24.1 Å². The minimum absolute atomic E-state index is 0.128. The van der Waals surface area contributed by atoms with E-state index in [9.17, 15) is 2.74 Å². The Morgan fingerprint density at radius 2 is 1.67 bits per heavy atom. The number of hydrogen-bond acceptors (Lipinski definition) is 3. The van der Waals surface area contributed by atoms with Crippen LogP contribution in [0, 0.1) is 6.92 Å². The average molecular weight is 500 g/mol. The molecule has 1 aliphatic rings. The van der Waals surface area contributed by atoms with E-state index in [0.29, 0.717) is 39.2 Å². The van der Waals surface area contributed by atoms with Gasteiger partial charge in [-0.1, -0.05) is 78.7 Å². The molecular formula is C33H36N2S. The molecule has 0 spiro atoms. The van der Waals surface area contributed by atoms with E-state index in [4.69, 9.17) is 6.85 Å². The molecule has 0 fully saturated rings. The van der Waals surface area contributed by atoms with Crippen molar-refractivity contribution in [3.05, 3.63) is 70.9 Å². The van der Waals surface area contributed by atoms with Crippen molar-refractivity contribution in [1.29, 1.82) is 0 Å². The monoisotopic (exact) mass is 499 g/mol. The molecule has 3 aromatic carbocycles. The fourth-order valence-corrected chi connectivity index (χ4v) is 6.94. The molecule has 1 aliphatic carbocycles. The van der Waals surface area contributed by atoms with Crippen molar-refractivity contribution >= 4 is 42.4 Å². The van der Waals surface area contributed by atoms with Crippen molar-refractivity contribution in [3.8, 4) is 11.3 Å². The second kappa shape index (κ2) is 7.61. The number of fused-ring (bicyclic) bond motifs is 6. The summed E-state index contributed by atoms with van der Waals surface area (Å²) in [5.74, 6) is 0. The molecule has 0 saturated carbocycles. The molecule has 2 aromatic heterocycles. The van der Waals surface area contributed by atoms with E-state index >= 15 is 0 Å². The van der Waals surface area contributed by atoms with Crippen LogP contribution in [-0.4, -0.2) is 9.97 Å². The summed E-state index contributed by atoms with van der Waals surface area (Å²) in [5, 5.41) is 1.63. The largest absolute Gasteiger partial charge is 0.235 e. The van der Waals surface area contributed by atoms with E-state index in [1.165, 1.54) is 11.3 Å². The van der Waals surface area contributed by atoms with Crippen molar-refractivity contribution in [2.24, 2.45) is 0 Å². The molecule has 0 unspecified atom stereocenters. The molecule has 0 amide bonds. The van der Waals surface area contributed by atoms with Crippen molar-refractivity contribution in [2.45, 2.75) is 84.5 Å². The predicted molar refractivity (Wildman–Crippen MR) is 157 cm³/mol. The highest BCUT2D eigenvalue weighted by Gasteiger charge is 2.39. The van der Waals surface area contributed by atoms with Gasteiger partial charge in [0.15, 0.2) is 0 Å². The standard InChI is InChI=1S/C33H36N2S/c1-19-15-24-26(33(7,8)14-13-32(24,5)6)25-28-30(36-29(19)25)27(34-18-35-28)21-16-20-11-9-10-12-22(20)23(17-21)31(2,3)4/h9-12,15-18H,13-14H2,1-8H3/i9D,10D,11D,12D,15D,17D,18D. The Morgan fingerprint density at radius 1 is 0.944 bits per heavy atom. The van der Waals surface area contributed by atoms with Crippen molar-refractivity contribution < 1.29 is 9.60 Å². The second-order valence-electron chi connectivity index (χ2n) is 12.5. The van der Waals surface area contributed by atoms with Crippen LogP contribution in [0.3, 0.4) is 0 Å². The summed E-state index contributed by atoms with van der Waals surface area (Å²) in [6.45, 7) is 16.6. The number of hydrogen-bond donors (Lipinski definition) is 0. The molecule has 0 N–H and O–H groups in total. The summed E-state index contributed by atoms with van der Waals surface area (Å²) in [6, 6.07) is 1.34. The van der Waals surface area contributed by atoms with Crippen LogP contribution in [0.15, 0.2) is 48.6 Å². The van der Waals surface area contributed by atoms with Crippen LogP contribution in [0.5, 0.6) is 0 Å². The molecule has 0 aliphatic heterocycles. The lowest BCUT2D eigenvalue weighted by atomic mass is 9.62. The van der Waals surface area contributed by atoms with Gasteiger partial charge in [-0.05, 0) is 81.1 Å². The maximum absolute atomic E-state index is 9.44. The van der Waals surface area contributed by atoms with Gasteiger partial charge in [0.1, 0.15) is 7.67 Å². The van der Waals surface area contributed by atoms with Crippen molar-refractivity contribution in [2.75, 3.05) is 0 Å². The molecule has 2 nitrogen and oxygen atoms in total. The number of thiophene rings is 1. The Kier molecular flexibility index (Phi) is 3.57. The van der Waals surface area contributed by atoms with Gasteiger partial charge in [0.2, 0.25) is 0 Å². The smallest absolute Gasteiger partial charge is 0.116 e. The highest BCUT2D eigenvalue weighted by Crippen LogP contribution is 2.52.